The molecule has 0 saturated heterocycles. The van der Waals surface area contributed by atoms with Crippen molar-refractivity contribution >= 4 is 33.4 Å². The van der Waals surface area contributed by atoms with E-state index in [-0.39, 0.29) is 11.7 Å². The molecular formula is C21H18FN3O. The number of pyridine rings is 1. The average Bonchev–Trinajstić information content (AvgIpc) is 3.05. The molecule has 0 bridgehead atoms. The number of nitrogens with one attached hydrogen (secondary N) is 2. The Bertz CT molecular complexity index is 1130. The Morgan fingerprint density at radius 1 is 1.15 bits per heavy atom. The van der Waals surface area contributed by atoms with Gasteiger partial charge in [-0.25, -0.2) is 4.39 Å². The molecule has 5 heteroatoms. The number of carbonyl (C=O) groups is 1. The lowest BCUT2D eigenvalue weighted by Crippen LogP contribution is -2.34. The molecule has 0 aliphatic rings. The zero-order valence-electron chi connectivity index (χ0n) is 14.5. The molecule has 0 saturated carbocycles. The summed E-state index contributed by atoms with van der Waals surface area (Å²) in [6, 6.07) is 14.0. The van der Waals surface area contributed by atoms with Gasteiger partial charge < -0.3 is 10.3 Å². The summed E-state index contributed by atoms with van der Waals surface area (Å²) < 4.78 is 13.7. The smallest absolute Gasteiger partial charge is 0.234 e. The van der Waals surface area contributed by atoms with Crippen LogP contribution in [0.4, 0.5) is 10.1 Å². The van der Waals surface area contributed by atoms with Gasteiger partial charge in [0, 0.05) is 28.7 Å². The van der Waals surface area contributed by atoms with Gasteiger partial charge in [0.15, 0.2) is 0 Å². The van der Waals surface area contributed by atoms with Crippen LogP contribution in [0.3, 0.4) is 0 Å². The molecule has 2 N–H and O–H groups in total. The largest absolute Gasteiger partial charge is 0.361 e. The zero-order chi connectivity index (χ0) is 18.3. The van der Waals surface area contributed by atoms with Crippen LogP contribution in [-0.2, 0) is 10.2 Å². The predicted molar refractivity (Wildman–Crippen MR) is 102 cm³/mol. The van der Waals surface area contributed by atoms with Crippen molar-refractivity contribution < 1.29 is 9.18 Å². The van der Waals surface area contributed by atoms with E-state index in [1.54, 1.807) is 18.5 Å². The van der Waals surface area contributed by atoms with Crippen LogP contribution in [0, 0.1) is 5.82 Å². The highest BCUT2D eigenvalue weighted by Gasteiger charge is 2.32. The van der Waals surface area contributed by atoms with Crippen molar-refractivity contribution in [2.45, 2.75) is 19.3 Å². The fraction of sp³-hybridized carbons (Fsp3) is 0.143. The summed E-state index contributed by atoms with van der Waals surface area (Å²) in [7, 11) is 0. The second kappa shape index (κ2) is 5.95. The van der Waals surface area contributed by atoms with Gasteiger partial charge in [-0.05, 0) is 49.7 Å². The number of fused-ring (bicyclic) bond motifs is 2. The Morgan fingerprint density at radius 3 is 2.81 bits per heavy atom. The Balaban J connectivity index is 1.73. The first-order chi connectivity index (χ1) is 12.5. The van der Waals surface area contributed by atoms with Crippen molar-refractivity contribution in [3.05, 3.63) is 72.3 Å². The lowest BCUT2D eigenvalue weighted by atomic mass is 9.83. The normalized spacial score (nSPS) is 11.8. The van der Waals surface area contributed by atoms with Crippen molar-refractivity contribution in [2.75, 3.05) is 5.32 Å². The number of rotatable bonds is 3. The van der Waals surface area contributed by atoms with Crippen molar-refractivity contribution in [2.24, 2.45) is 0 Å². The van der Waals surface area contributed by atoms with E-state index < -0.39 is 5.41 Å². The first-order valence-corrected chi connectivity index (χ1v) is 8.39. The SMILES string of the molecule is CC(C)(C(=O)Nc1cccc2cccnc12)c1c[nH]c2ccc(F)cc12. The zero-order valence-corrected chi connectivity index (χ0v) is 14.5. The van der Waals surface area contributed by atoms with E-state index in [1.165, 1.54) is 12.1 Å². The van der Waals surface area contributed by atoms with Crippen LogP contribution in [0.1, 0.15) is 19.4 Å². The molecule has 4 rings (SSSR count). The molecule has 1 amide bonds. The molecule has 4 nitrogen and oxygen atoms in total. The fourth-order valence-corrected chi connectivity index (χ4v) is 3.22. The summed E-state index contributed by atoms with van der Waals surface area (Å²) in [4.78, 5) is 20.5. The minimum absolute atomic E-state index is 0.180. The van der Waals surface area contributed by atoms with Crippen LogP contribution >= 0.6 is 0 Å². The standard InChI is InChI=1S/C21H18FN3O/c1-21(2,16-12-24-17-9-8-14(22)11-15(16)17)20(26)25-18-7-3-5-13-6-4-10-23-19(13)18/h3-12,24H,1-2H3,(H,25,26). The summed E-state index contributed by atoms with van der Waals surface area (Å²) >= 11 is 0. The maximum atomic E-state index is 13.7. The topological polar surface area (TPSA) is 57.8 Å². The molecule has 0 fully saturated rings. The number of hydrogen-bond acceptors (Lipinski definition) is 2. The number of nitrogens with zero attached hydrogens (tertiary/aromatic N) is 1. The lowest BCUT2D eigenvalue weighted by molar-refractivity contribution is -0.120. The summed E-state index contributed by atoms with van der Waals surface area (Å²) in [6.45, 7) is 3.66. The number of amides is 1. The summed E-state index contributed by atoms with van der Waals surface area (Å²) in [5, 5.41) is 4.65. The molecule has 0 unspecified atom stereocenters. The maximum absolute atomic E-state index is 13.7. The van der Waals surface area contributed by atoms with Gasteiger partial charge in [0.1, 0.15) is 5.82 Å². The van der Waals surface area contributed by atoms with E-state index >= 15 is 0 Å². The fourth-order valence-electron chi connectivity index (χ4n) is 3.22. The molecule has 2 heterocycles. The second-order valence-corrected chi connectivity index (χ2v) is 6.85. The molecule has 0 aliphatic heterocycles. The van der Waals surface area contributed by atoms with Crippen molar-refractivity contribution in [1.82, 2.24) is 9.97 Å². The first kappa shape index (κ1) is 16.3. The number of carbonyl (C=O) groups excluding carboxylic acids is 1. The van der Waals surface area contributed by atoms with Crippen molar-refractivity contribution in [3.63, 3.8) is 0 Å². The van der Waals surface area contributed by atoms with Gasteiger partial charge in [-0.15, -0.1) is 0 Å². The minimum Gasteiger partial charge on any atom is -0.361 e. The molecule has 2 aromatic carbocycles. The Labute approximate surface area is 150 Å². The van der Waals surface area contributed by atoms with Gasteiger partial charge in [-0.3, -0.25) is 9.78 Å². The van der Waals surface area contributed by atoms with Gasteiger partial charge in [-0.1, -0.05) is 18.2 Å². The van der Waals surface area contributed by atoms with Crippen LogP contribution in [0.15, 0.2) is 60.9 Å². The lowest BCUT2D eigenvalue weighted by Gasteiger charge is -2.23. The minimum atomic E-state index is -0.858. The number of aromatic nitrogens is 2. The molecule has 0 radical (unpaired) electrons. The van der Waals surface area contributed by atoms with E-state index in [1.807, 2.05) is 44.2 Å². The second-order valence-electron chi connectivity index (χ2n) is 6.85. The predicted octanol–water partition coefficient (Wildman–Crippen LogP) is 4.77. The molecule has 0 spiro atoms. The number of halogens is 1. The number of anilines is 1. The first-order valence-electron chi connectivity index (χ1n) is 8.39. The molecule has 0 atom stereocenters. The third-order valence-electron chi connectivity index (χ3n) is 4.77. The summed E-state index contributed by atoms with van der Waals surface area (Å²) in [5.41, 5.74) is 2.09. The van der Waals surface area contributed by atoms with Crippen LogP contribution < -0.4 is 5.32 Å². The van der Waals surface area contributed by atoms with Gasteiger partial charge in [-0.2, -0.15) is 0 Å². The van der Waals surface area contributed by atoms with Crippen LogP contribution in [-0.4, -0.2) is 15.9 Å². The third kappa shape index (κ3) is 2.62. The highest BCUT2D eigenvalue weighted by molar-refractivity contribution is 6.06. The molecule has 26 heavy (non-hydrogen) atoms. The van der Waals surface area contributed by atoms with Gasteiger partial charge in [0.05, 0.1) is 16.6 Å². The number of benzene rings is 2. The molecule has 0 aliphatic carbocycles. The number of hydrogen-bond donors (Lipinski definition) is 2. The van der Waals surface area contributed by atoms with E-state index in [2.05, 4.69) is 15.3 Å². The van der Waals surface area contributed by atoms with E-state index in [4.69, 9.17) is 0 Å². The Hall–Kier alpha value is -3.21. The molecule has 4 aromatic rings. The van der Waals surface area contributed by atoms with Crippen LogP contribution in [0.25, 0.3) is 21.8 Å². The van der Waals surface area contributed by atoms with Crippen molar-refractivity contribution in [1.29, 1.82) is 0 Å². The van der Waals surface area contributed by atoms with E-state index in [0.29, 0.717) is 11.1 Å². The monoisotopic (exact) mass is 347 g/mol. The highest BCUT2D eigenvalue weighted by Crippen LogP contribution is 2.32. The Kier molecular flexibility index (Phi) is 3.72. The van der Waals surface area contributed by atoms with Crippen LogP contribution in [0.5, 0.6) is 0 Å². The van der Waals surface area contributed by atoms with Crippen molar-refractivity contribution in [3.8, 4) is 0 Å². The number of aromatic amines is 1. The van der Waals surface area contributed by atoms with Gasteiger partial charge >= 0.3 is 0 Å². The van der Waals surface area contributed by atoms with E-state index in [0.717, 1.165) is 22.0 Å². The third-order valence-corrected chi connectivity index (χ3v) is 4.77. The Morgan fingerprint density at radius 2 is 1.96 bits per heavy atom. The molecular weight excluding hydrogens is 329 g/mol. The maximum Gasteiger partial charge on any atom is 0.234 e. The average molecular weight is 347 g/mol. The summed E-state index contributed by atoms with van der Waals surface area (Å²) in [5.74, 6) is -0.506. The van der Waals surface area contributed by atoms with Gasteiger partial charge in [0.25, 0.3) is 0 Å². The number of H-pyrrole nitrogens is 1. The highest BCUT2D eigenvalue weighted by atomic mass is 19.1. The quantitative estimate of drug-likeness (QED) is 0.561. The van der Waals surface area contributed by atoms with Crippen LogP contribution in [0.2, 0.25) is 0 Å². The summed E-state index contributed by atoms with van der Waals surface area (Å²) in [6.07, 6.45) is 3.47. The van der Waals surface area contributed by atoms with E-state index in [9.17, 15) is 9.18 Å². The molecule has 130 valence electrons. The molecule has 2 aromatic heterocycles. The number of para-hydroxylation sites is 1. The van der Waals surface area contributed by atoms with Gasteiger partial charge in [0.2, 0.25) is 5.91 Å².